The van der Waals surface area contributed by atoms with Gasteiger partial charge in [-0.05, 0) is 58.0 Å². The number of amides is 2. The van der Waals surface area contributed by atoms with Crippen molar-refractivity contribution in [3.63, 3.8) is 0 Å². The maximum absolute atomic E-state index is 12.3. The van der Waals surface area contributed by atoms with Crippen molar-refractivity contribution in [2.24, 2.45) is 0 Å². The van der Waals surface area contributed by atoms with Gasteiger partial charge in [-0.3, -0.25) is 9.59 Å². The zero-order chi connectivity index (χ0) is 18.0. The summed E-state index contributed by atoms with van der Waals surface area (Å²) in [6.07, 6.45) is 0.724. The molecule has 4 N–H and O–H groups in total. The first-order valence-electron chi connectivity index (χ1n) is 7.78. The highest BCUT2D eigenvalue weighted by Gasteiger charge is 2.33. The minimum absolute atomic E-state index is 0.157. The van der Waals surface area contributed by atoms with Crippen molar-refractivity contribution in [2.75, 3.05) is 0 Å². The van der Waals surface area contributed by atoms with Crippen LogP contribution in [0, 0.1) is 3.57 Å². The Hall–Kier alpha value is -2.29. The predicted octanol–water partition coefficient (Wildman–Crippen LogP) is 1.47. The second kappa shape index (κ2) is 7.30. The van der Waals surface area contributed by atoms with Crippen LogP contribution in [0.5, 0.6) is 11.5 Å². The van der Waals surface area contributed by atoms with E-state index in [1.54, 1.807) is 42.5 Å². The summed E-state index contributed by atoms with van der Waals surface area (Å²) in [5.41, 5.74) is 1.71. The molecule has 2 aromatic rings. The standard InChI is InChI=1S/C18H17IN2O4/c19-13-7-11(3-6-16(13)23)9-15-18(25)20-14(17(24)21-15)8-10-1-4-12(22)5-2-10/h1-7,14-15,22-23H,8-9H2,(H,20,25)(H,21,24)/t14-,15-/m0/s1. The molecule has 2 atom stereocenters. The van der Waals surface area contributed by atoms with Crippen LogP contribution in [-0.4, -0.2) is 34.1 Å². The van der Waals surface area contributed by atoms with Crippen molar-refractivity contribution in [1.29, 1.82) is 0 Å². The molecule has 0 radical (unpaired) electrons. The van der Waals surface area contributed by atoms with Gasteiger partial charge < -0.3 is 20.8 Å². The highest BCUT2D eigenvalue weighted by atomic mass is 127. The summed E-state index contributed by atoms with van der Waals surface area (Å²) < 4.78 is 0.697. The van der Waals surface area contributed by atoms with Gasteiger partial charge in [0.15, 0.2) is 0 Å². The van der Waals surface area contributed by atoms with Crippen molar-refractivity contribution in [2.45, 2.75) is 24.9 Å². The summed E-state index contributed by atoms with van der Waals surface area (Å²) in [7, 11) is 0. The molecule has 1 heterocycles. The topological polar surface area (TPSA) is 98.7 Å². The third-order valence-corrected chi connectivity index (χ3v) is 4.96. The molecule has 0 saturated carbocycles. The van der Waals surface area contributed by atoms with Gasteiger partial charge in [-0.1, -0.05) is 18.2 Å². The van der Waals surface area contributed by atoms with Crippen LogP contribution >= 0.6 is 22.6 Å². The lowest BCUT2D eigenvalue weighted by Gasteiger charge is -2.29. The molecule has 0 bridgehead atoms. The van der Waals surface area contributed by atoms with Crippen LogP contribution in [-0.2, 0) is 22.4 Å². The zero-order valence-corrected chi connectivity index (χ0v) is 15.4. The van der Waals surface area contributed by atoms with E-state index in [-0.39, 0.29) is 23.3 Å². The quantitative estimate of drug-likeness (QED) is 0.529. The largest absolute Gasteiger partial charge is 0.508 e. The second-order valence-corrected chi connectivity index (χ2v) is 7.14. The Labute approximate surface area is 158 Å². The van der Waals surface area contributed by atoms with Gasteiger partial charge in [0.05, 0.1) is 3.57 Å². The molecule has 1 fully saturated rings. The van der Waals surface area contributed by atoms with E-state index in [1.165, 1.54) is 0 Å². The van der Waals surface area contributed by atoms with Gasteiger partial charge in [0.2, 0.25) is 11.8 Å². The lowest BCUT2D eigenvalue weighted by atomic mass is 9.98. The molecular weight excluding hydrogens is 435 g/mol. The highest BCUT2D eigenvalue weighted by Crippen LogP contribution is 2.21. The molecule has 3 rings (SSSR count). The molecule has 1 saturated heterocycles. The summed E-state index contributed by atoms with van der Waals surface area (Å²) >= 11 is 2.02. The third kappa shape index (κ3) is 4.22. The van der Waals surface area contributed by atoms with Gasteiger partial charge >= 0.3 is 0 Å². The fourth-order valence-electron chi connectivity index (χ4n) is 2.74. The first kappa shape index (κ1) is 17.5. The average Bonchev–Trinajstić information content (AvgIpc) is 2.57. The average molecular weight is 452 g/mol. The molecule has 0 aromatic heterocycles. The zero-order valence-electron chi connectivity index (χ0n) is 13.2. The fourth-order valence-corrected chi connectivity index (χ4v) is 3.32. The number of phenols is 2. The molecule has 0 spiro atoms. The van der Waals surface area contributed by atoms with E-state index in [2.05, 4.69) is 10.6 Å². The number of benzene rings is 2. The normalized spacial score (nSPS) is 20.0. The van der Waals surface area contributed by atoms with Gasteiger partial charge in [-0.15, -0.1) is 0 Å². The van der Waals surface area contributed by atoms with Crippen molar-refractivity contribution in [1.82, 2.24) is 10.6 Å². The highest BCUT2D eigenvalue weighted by molar-refractivity contribution is 14.1. The molecule has 0 aliphatic carbocycles. The Bertz CT molecular complexity index is 807. The number of phenolic OH excluding ortho intramolecular Hbond substituents is 2. The van der Waals surface area contributed by atoms with Gasteiger partial charge in [0.1, 0.15) is 23.6 Å². The Morgan fingerprint density at radius 2 is 1.36 bits per heavy atom. The fraction of sp³-hybridized carbons (Fsp3) is 0.222. The van der Waals surface area contributed by atoms with Crippen LogP contribution in [0.3, 0.4) is 0 Å². The molecule has 2 amide bonds. The van der Waals surface area contributed by atoms with Crippen molar-refractivity contribution in [3.05, 3.63) is 57.2 Å². The Kier molecular flexibility index (Phi) is 5.12. The smallest absolute Gasteiger partial charge is 0.243 e. The van der Waals surface area contributed by atoms with E-state index in [0.717, 1.165) is 11.1 Å². The van der Waals surface area contributed by atoms with E-state index in [9.17, 15) is 19.8 Å². The summed E-state index contributed by atoms with van der Waals surface area (Å²) in [6, 6.07) is 10.4. The molecule has 6 nitrogen and oxygen atoms in total. The van der Waals surface area contributed by atoms with E-state index >= 15 is 0 Å². The number of aromatic hydroxyl groups is 2. The van der Waals surface area contributed by atoms with Crippen LogP contribution in [0.1, 0.15) is 11.1 Å². The molecule has 1 aliphatic heterocycles. The molecule has 1 aliphatic rings. The first-order chi connectivity index (χ1) is 11.9. The first-order valence-corrected chi connectivity index (χ1v) is 8.86. The van der Waals surface area contributed by atoms with Crippen molar-refractivity contribution in [3.8, 4) is 11.5 Å². The second-order valence-electron chi connectivity index (χ2n) is 5.98. The maximum atomic E-state index is 12.3. The van der Waals surface area contributed by atoms with E-state index < -0.39 is 12.1 Å². The number of carbonyl (C=O) groups excluding carboxylic acids is 2. The summed E-state index contributed by atoms with van der Waals surface area (Å²) in [5.74, 6) is -0.113. The van der Waals surface area contributed by atoms with E-state index in [0.29, 0.717) is 16.4 Å². The monoisotopic (exact) mass is 452 g/mol. The Morgan fingerprint density at radius 1 is 0.840 bits per heavy atom. The molecule has 7 heteroatoms. The van der Waals surface area contributed by atoms with Crippen LogP contribution < -0.4 is 10.6 Å². The Balaban J connectivity index is 1.65. The molecule has 2 aromatic carbocycles. The number of hydrogen-bond donors (Lipinski definition) is 4. The third-order valence-electron chi connectivity index (χ3n) is 4.09. The lowest BCUT2D eigenvalue weighted by Crippen LogP contribution is -2.62. The number of rotatable bonds is 4. The molecule has 0 unspecified atom stereocenters. The van der Waals surface area contributed by atoms with Gasteiger partial charge in [-0.2, -0.15) is 0 Å². The molecular formula is C18H17IN2O4. The molecule has 130 valence electrons. The van der Waals surface area contributed by atoms with Crippen LogP contribution in [0.2, 0.25) is 0 Å². The number of carbonyl (C=O) groups is 2. The molecule has 25 heavy (non-hydrogen) atoms. The SMILES string of the molecule is O=C1N[C@@H](Cc2ccc(O)c(I)c2)C(=O)N[C@H]1Cc1ccc(O)cc1. The van der Waals surface area contributed by atoms with Gasteiger partial charge in [0.25, 0.3) is 0 Å². The lowest BCUT2D eigenvalue weighted by molar-refractivity contribution is -0.136. The van der Waals surface area contributed by atoms with E-state index in [1.807, 2.05) is 22.6 Å². The van der Waals surface area contributed by atoms with Crippen LogP contribution in [0.15, 0.2) is 42.5 Å². The Morgan fingerprint density at radius 3 is 1.92 bits per heavy atom. The van der Waals surface area contributed by atoms with Crippen LogP contribution in [0.25, 0.3) is 0 Å². The van der Waals surface area contributed by atoms with Gasteiger partial charge in [-0.25, -0.2) is 0 Å². The van der Waals surface area contributed by atoms with Gasteiger partial charge in [0, 0.05) is 12.8 Å². The van der Waals surface area contributed by atoms with Crippen LogP contribution in [0.4, 0.5) is 0 Å². The number of hydrogen-bond acceptors (Lipinski definition) is 4. The number of halogens is 1. The van der Waals surface area contributed by atoms with E-state index in [4.69, 9.17) is 0 Å². The minimum atomic E-state index is -0.635. The number of piperazine rings is 1. The maximum Gasteiger partial charge on any atom is 0.243 e. The summed E-state index contributed by atoms with van der Waals surface area (Å²) in [5, 5.41) is 24.4. The predicted molar refractivity (Wildman–Crippen MR) is 100 cm³/mol. The minimum Gasteiger partial charge on any atom is -0.508 e. The van der Waals surface area contributed by atoms with Crippen molar-refractivity contribution < 1.29 is 19.8 Å². The van der Waals surface area contributed by atoms with Crippen molar-refractivity contribution >= 4 is 34.4 Å². The summed E-state index contributed by atoms with van der Waals surface area (Å²) in [6.45, 7) is 0. The summed E-state index contributed by atoms with van der Waals surface area (Å²) in [4.78, 5) is 24.6. The number of nitrogens with one attached hydrogen (secondary N) is 2.